The van der Waals surface area contributed by atoms with E-state index in [0.717, 1.165) is 5.56 Å². The number of aliphatic hydroxyl groups is 1. The summed E-state index contributed by atoms with van der Waals surface area (Å²) in [6.45, 7) is 6.32. The van der Waals surface area contributed by atoms with Gasteiger partial charge in [0.1, 0.15) is 23.4 Å². The molecule has 0 radical (unpaired) electrons. The second-order valence-electron chi connectivity index (χ2n) is 9.98. The van der Waals surface area contributed by atoms with E-state index >= 15 is 0 Å². The molecule has 1 aliphatic carbocycles. The van der Waals surface area contributed by atoms with Crippen molar-refractivity contribution in [2.24, 2.45) is 0 Å². The quantitative estimate of drug-likeness (QED) is 0.422. The highest BCUT2D eigenvalue weighted by Crippen LogP contribution is 2.39. The summed E-state index contributed by atoms with van der Waals surface area (Å²) in [5.41, 5.74) is 0.912. The number of phenolic OH excluding ortho intramolecular Hbond substituents is 1. The molecule has 1 saturated carbocycles. The van der Waals surface area contributed by atoms with Gasteiger partial charge in [0.15, 0.2) is 0 Å². The number of phenols is 1. The lowest BCUT2D eigenvalue weighted by molar-refractivity contribution is -0.144. The maximum atomic E-state index is 13.7. The van der Waals surface area contributed by atoms with Gasteiger partial charge in [-0.25, -0.2) is 4.79 Å². The molecule has 9 heteroatoms. The van der Waals surface area contributed by atoms with E-state index in [-0.39, 0.29) is 23.9 Å². The van der Waals surface area contributed by atoms with Gasteiger partial charge in [-0.2, -0.15) is 0 Å². The first-order chi connectivity index (χ1) is 17.0. The minimum atomic E-state index is -1.32. The molecule has 2 atom stereocenters. The summed E-state index contributed by atoms with van der Waals surface area (Å²) < 4.78 is 5.24. The number of aryl methyl sites for hydroxylation is 1. The van der Waals surface area contributed by atoms with Gasteiger partial charge in [0, 0.05) is 18.2 Å². The monoisotopic (exact) mass is 497 g/mol. The third-order valence-corrected chi connectivity index (χ3v) is 5.77. The highest BCUT2D eigenvalue weighted by atomic mass is 16.6. The molecular formula is C27H35N3O6. The number of hydrogen-bond acceptors (Lipinski definition) is 6. The number of para-hydroxylation sites is 1. The van der Waals surface area contributed by atoms with Crippen molar-refractivity contribution in [1.29, 1.82) is 0 Å². The Balaban J connectivity index is 1.93. The summed E-state index contributed by atoms with van der Waals surface area (Å²) in [4.78, 5) is 41.0. The van der Waals surface area contributed by atoms with Gasteiger partial charge in [-0.15, -0.1) is 0 Å². The molecule has 36 heavy (non-hydrogen) atoms. The van der Waals surface area contributed by atoms with E-state index in [9.17, 15) is 24.6 Å². The molecule has 194 valence electrons. The Morgan fingerprint density at radius 2 is 1.75 bits per heavy atom. The van der Waals surface area contributed by atoms with E-state index in [0.29, 0.717) is 18.4 Å². The molecule has 2 aromatic rings. The third-order valence-electron chi connectivity index (χ3n) is 5.77. The predicted molar refractivity (Wildman–Crippen MR) is 134 cm³/mol. The summed E-state index contributed by atoms with van der Waals surface area (Å²) >= 11 is 0. The van der Waals surface area contributed by atoms with Gasteiger partial charge in [0.2, 0.25) is 11.8 Å². The molecule has 1 aliphatic rings. The van der Waals surface area contributed by atoms with Crippen LogP contribution in [-0.2, 0) is 20.9 Å². The van der Waals surface area contributed by atoms with Crippen molar-refractivity contribution in [3.63, 3.8) is 0 Å². The molecule has 0 heterocycles. The number of benzene rings is 2. The molecule has 2 unspecified atom stereocenters. The van der Waals surface area contributed by atoms with Crippen molar-refractivity contribution in [3.05, 3.63) is 65.2 Å². The second-order valence-corrected chi connectivity index (χ2v) is 9.98. The molecule has 0 aromatic heterocycles. The smallest absolute Gasteiger partial charge is 0.408 e. The average molecular weight is 498 g/mol. The zero-order chi connectivity index (χ0) is 26.5. The Bertz CT molecular complexity index is 1080. The predicted octanol–water partition coefficient (Wildman–Crippen LogP) is 2.93. The first-order valence-corrected chi connectivity index (χ1v) is 12.0. The topological polar surface area (TPSA) is 128 Å². The van der Waals surface area contributed by atoms with Crippen LogP contribution < -0.4 is 10.6 Å². The summed E-state index contributed by atoms with van der Waals surface area (Å²) in [6, 6.07) is 11.6. The minimum Gasteiger partial charge on any atom is -0.507 e. The van der Waals surface area contributed by atoms with Gasteiger partial charge in [-0.3, -0.25) is 9.59 Å². The molecule has 0 saturated heterocycles. The summed E-state index contributed by atoms with van der Waals surface area (Å²) in [5.74, 6) is -1.20. The van der Waals surface area contributed by atoms with Crippen LogP contribution in [0, 0.1) is 6.92 Å². The number of aliphatic hydroxyl groups excluding tert-OH is 1. The van der Waals surface area contributed by atoms with Crippen molar-refractivity contribution in [2.45, 2.75) is 70.8 Å². The maximum Gasteiger partial charge on any atom is 0.408 e. The number of carbonyl (C=O) groups is 3. The standard InChI is InChI=1S/C27H35N3O6/c1-17-9-8-12-20(23(17)32)22(24(33)28-15-18-10-6-5-7-11-18)30(19-13-14-19)25(34)21(16-31)29-26(35)36-27(2,3)4/h5-12,19,21-22,31-32H,13-16H2,1-4H3,(H,28,33)(H,29,35). The first-order valence-electron chi connectivity index (χ1n) is 12.0. The number of alkyl carbamates (subject to hydrolysis) is 1. The lowest BCUT2D eigenvalue weighted by Gasteiger charge is -2.34. The van der Waals surface area contributed by atoms with Crippen LogP contribution in [0.15, 0.2) is 48.5 Å². The molecule has 1 fully saturated rings. The van der Waals surface area contributed by atoms with Crippen molar-refractivity contribution >= 4 is 17.9 Å². The number of rotatable bonds is 9. The number of hydrogen-bond donors (Lipinski definition) is 4. The molecule has 0 spiro atoms. The zero-order valence-electron chi connectivity index (χ0n) is 21.2. The van der Waals surface area contributed by atoms with E-state index in [4.69, 9.17) is 4.74 Å². The molecule has 0 bridgehead atoms. The van der Waals surface area contributed by atoms with Gasteiger partial charge in [-0.1, -0.05) is 48.5 Å². The van der Waals surface area contributed by atoms with Crippen LogP contribution in [-0.4, -0.2) is 57.3 Å². The highest BCUT2D eigenvalue weighted by molar-refractivity contribution is 5.93. The normalized spacial score (nSPS) is 14.9. The Morgan fingerprint density at radius 1 is 1.08 bits per heavy atom. The molecule has 2 aromatic carbocycles. The largest absolute Gasteiger partial charge is 0.507 e. The van der Waals surface area contributed by atoms with Gasteiger partial charge >= 0.3 is 6.09 Å². The Hall–Kier alpha value is -3.59. The van der Waals surface area contributed by atoms with Crippen LogP contribution in [0.4, 0.5) is 4.79 Å². The molecule has 9 nitrogen and oxygen atoms in total. The minimum absolute atomic E-state index is 0.0866. The van der Waals surface area contributed by atoms with Crippen molar-refractivity contribution in [3.8, 4) is 5.75 Å². The van der Waals surface area contributed by atoms with Gasteiger partial charge in [-0.05, 0) is 51.7 Å². The number of ether oxygens (including phenoxy) is 1. The summed E-state index contributed by atoms with van der Waals surface area (Å²) in [6.07, 6.45) is 0.464. The fraction of sp³-hybridized carbons (Fsp3) is 0.444. The van der Waals surface area contributed by atoms with E-state index in [1.807, 2.05) is 30.3 Å². The molecule has 0 aliphatic heterocycles. The third kappa shape index (κ3) is 6.97. The number of aromatic hydroxyl groups is 1. The van der Waals surface area contributed by atoms with E-state index in [1.54, 1.807) is 45.9 Å². The van der Waals surface area contributed by atoms with Gasteiger partial charge < -0.3 is 30.5 Å². The van der Waals surface area contributed by atoms with Crippen LogP contribution in [0.1, 0.15) is 56.3 Å². The van der Waals surface area contributed by atoms with Crippen LogP contribution in [0.3, 0.4) is 0 Å². The second kappa shape index (κ2) is 11.4. The van der Waals surface area contributed by atoms with E-state index in [1.165, 1.54) is 4.90 Å². The van der Waals surface area contributed by atoms with E-state index < -0.39 is 42.2 Å². The van der Waals surface area contributed by atoms with Crippen molar-refractivity contribution < 1.29 is 29.3 Å². The Kier molecular flexibility index (Phi) is 8.57. The first kappa shape index (κ1) is 27.0. The fourth-order valence-electron chi connectivity index (χ4n) is 3.89. The number of carbonyl (C=O) groups excluding carboxylic acids is 3. The molecule has 3 rings (SSSR count). The van der Waals surface area contributed by atoms with Crippen LogP contribution >= 0.6 is 0 Å². The Labute approximate surface area is 211 Å². The van der Waals surface area contributed by atoms with Crippen LogP contribution in [0.25, 0.3) is 0 Å². The molecule has 4 N–H and O–H groups in total. The fourth-order valence-corrected chi connectivity index (χ4v) is 3.89. The van der Waals surface area contributed by atoms with E-state index in [2.05, 4.69) is 10.6 Å². The lowest BCUT2D eigenvalue weighted by atomic mass is 9.99. The number of nitrogens with zero attached hydrogens (tertiary/aromatic N) is 1. The van der Waals surface area contributed by atoms with Crippen LogP contribution in [0.2, 0.25) is 0 Å². The SMILES string of the molecule is Cc1cccc(C(C(=O)NCc2ccccc2)N(C(=O)C(CO)NC(=O)OC(C)(C)C)C2CC2)c1O. The Morgan fingerprint density at radius 3 is 2.33 bits per heavy atom. The summed E-state index contributed by atoms with van der Waals surface area (Å²) in [7, 11) is 0. The number of nitrogens with one attached hydrogen (secondary N) is 2. The van der Waals surface area contributed by atoms with Gasteiger partial charge in [0.25, 0.3) is 0 Å². The highest BCUT2D eigenvalue weighted by Gasteiger charge is 2.44. The van der Waals surface area contributed by atoms with Crippen LogP contribution in [0.5, 0.6) is 5.75 Å². The summed E-state index contributed by atoms with van der Waals surface area (Å²) in [5, 5.41) is 26.1. The van der Waals surface area contributed by atoms with Crippen molar-refractivity contribution in [2.75, 3.05) is 6.61 Å². The molecule has 3 amide bonds. The lowest BCUT2D eigenvalue weighted by Crippen LogP contribution is -2.55. The average Bonchev–Trinajstić information content (AvgIpc) is 3.66. The molecular weight excluding hydrogens is 462 g/mol. The van der Waals surface area contributed by atoms with Gasteiger partial charge in [0.05, 0.1) is 6.61 Å². The zero-order valence-corrected chi connectivity index (χ0v) is 21.2. The van der Waals surface area contributed by atoms with Crippen molar-refractivity contribution in [1.82, 2.24) is 15.5 Å². The number of amides is 3. The maximum absolute atomic E-state index is 13.7.